The molecule has 1 atom stereocenters. The van der Waals surface area contributed by atoms with E-state index in [9.17, 15) is 13.2 Å². The van der Waals surface area contributed by atoms with Crippen LogP contribution in [0.2, 0.25) is 0 Å². The van der Waals surface area contributed by atoms with Crippen molar-refractivity contribution in [2.24, 2.45) is 5.92 Å². The van der Waals surface area contributed by atoms with Crippen molar-refractivity contribution in [2.45, 2.75) is 11.8 Å². The van der Waals surface area contributed by atoms with E-state index in [1.54, 1.807) is 49.4 Å². The minimum absolute atomic E-state index is 0.120. The number of para-hydroxylation sites is 1. The highest BCUT2D eigenvalue weighted by Gasteiger charge is 2.15. The molecule has 0 fully saturated rings. The van der Waals surface area contributed by atoms with Gasteiger partial charge in [0.25, 0.3) is 10.0 Å². The van der Waals surface area contributed by atoms with E-state index >= 15 is 0 Å². The van der Waals surface area contributed by atoms with E-state index in [-0.39, 0.29) is 16.7 Å². The van der Waals surface area contributed by atoms with E-state index in [4.69, 9.17) is 4.74 Å². The Morgan fingerprint density at radius 2 is 1.67 bits per heavy atom. The zero-order valence-corrected chi connectivity index (χ0v) is 14.3. The predicted octanol–water partition coefficient (Wildman–Crippen LogP) is 2.71. The first-order valence-electron chi connectivity index (χ1n) is 7.40. The van der Waals surface area contributed by atoms with E-state index in [1.807, 2.05) is 0 Å². The summed E-state index contributed by atoms with van der Waals surface area (Å²) in [5.74, 6) is -0.479. The topological polar surface area (TPSA) is 84.5 Å². The standard InChI is InChI=1S/C17H20N2O4S/c1-13(12-23-2)17(20)18-14-8-10-16(11-9-14)24(21,22)19-15-6-4-3-5-7-15/h3-11,13,19H,12H2,1-2H3,(H,18,20). The highest BCUT2D eigenvalue weighted by molar-refractivity contribution is 7.92. The third-order valence-electron chi connectivity index (χ3n) is 3.32. The summed E-state index contributed by atoms with van der Waals surface area (Å²) in [4.78, 5) is 12.0. The van der Waals surface area contributed by atoms with Gasteiger partial charge in [0.15, 0.2) is 0 Å². The molecule has 1 unspecified atom stereocenters. The smallest absolute Gasteiger partial charge is 0.261 e. The number of amides is 1. The average Bonchev–Trinajstić information content (AvgIpc) is 2.56. The SMILES string of the molecule is COCC(C)C(=O)Nc1ccc(S(=O)(=O)Nc2ccccc2)cc1. The number of rotatable bonds is 7. The highest BCUT2D eigenvalue weighted by Crippen LogP contribution is 2.18. The third-order valence-corrected chi connectivity index (χ3v) is 4.72. The van der Waals surface area contributed by atoms with E-state index in [0.717, 1.165) is 0 Å². The van der Waals surface area contributed by atoms with Gasteiger partial charge in [-0.15, -0.1) is 0 Å². The van der Waals surface area contributed by atoms with Crippen LogP contribution in [0.15, 0.2) is 59.5 Å². The minimum atomic E-state index is -3.67. The molecule has 0 radical (unpaired) electrons. The van der Waals surface area contributed by atoms with Crippen LogP contribution in [0.25, 0.3) is 0 Å². The fraction of sp³-hybridized carbons (Fsp3) is 0.235. The molecule has 1 amide bonds. The zero-order chi connectivity index (χ0) is 17.6. The molecule has 0 saturated carbocycles. The normalized spacial score (nSPS) is 12.4. The Labute approximate surface area is 141 Å². The number of nitrogens with one attached hydrogen (secondary N) is 2. The molecular weight excluding hydrogens is 328 g/mol. The second kappa shape index (κ2) is 7.94. The van der Waals surface area contributed by atoms with Gasteiger partial charge in [0.05, 0.1) is 17.4 Å². The van der Waals surface area contributed by atoms with Crippen LogP contribution in [0.5, 0.6) is 0 Å². The number of carbonyl (C=O) groups excluding carboxylic acids is 1. The molecule has 0 heterocycles. The minimum Gasteiger partial charge on any atom is -0.384 e. The van der Waals surface area contributed by atoms with Crippen molar-refractivity contribution in [1.29, 1.82) is 0 Å². The van der Waals surface area contributed by atoms with Gasteiger partial charge in [0, 0.05) is 18.5 Å². The van der Waals surface area contributed by atoms with Gasteiger partial charge in [0.1, 0.15) is 0 Å². The summed E-state index contributed by atoms with van der Waals surface area (Å²) in [6.45, 7) is 2.07. The molecule has 0 aliphatic rings. The maximum absolute atomic E-state index is 12.3. The number of hydrogen-bond acceptors (Lipinski definition) is 4. The van der Waals surface area contributed by atoms with Gasteiger partial charge in [0.2, 0.25) is 5.91 Å². The van der Waals surface area contributed by atoms with Gasteiger partial charge in [-0.2, -0.15) is 0 Å². The molecule has 6 nitrogen and oxygen atoms in total. The van der Waals surface area contributed by atoms with Crippen molar-refractivity contribution in [3.8, 4) is 0 Å². The van der Waals surface area contributed by atoms with Crippen molar-refractivity contribution in [3.05, 3.63) is 54.6 Å². The lowest BCUT2D eigenvalue weighted by molar-refractivity contribution is -0.120. The van der Waals surface area contributed by atoms with Gasteiger partial charge < -0.3 is 10.1 Å². The molecule has 2 N–H and O–H groups in total. The maximum atomic E-state index is 12.3. The van der Waals surface area contributed by atoms with Crippen LogP contribution in [0.1, 0.15) is 6.92 Å². The maximum Gasteiger partial charge on any atom is 0.261 e. The Hall–Kier alpha value is -2.38. The molecule has 2 rings (SSSR count). The molecule has 0 saturated heterocycles. The Balaban J connectivity index is 2.07. The molecular formula is C17H20N2O4S. The van der Waals surface area contributed by atoms with Crippen LogP contribution in [0, 0.1) is 5.92 Å². The molecule has 0 spiro atoms. The van der Waals surface area contributed by atoms with Crippen molar-refractivity contribution < 1.29 is 17.9 Å². The number of carbonyl (C=O) groups is 1. The Bertz CT molecular complexity index is 774. The zero-order valence-electron chi connectivity index (χ0n) is 13.5. The fourth-order valence-corrected chi connectivity index (χ4v) is 3.09. The fourth-order valence-electron chi connectivity index (χ4n) is 2.03. The van der Waals surface area contributed by atoms with Gasteiger partial charge in [-0.05, 0) is 36.4 Å². The van der Waals surface area contributed by atoms with E-state index in [2.05, 4.69) is 10.0 Å². The highest BCUT2D eigenvalue weighted by atomic mass is 32.2. The van der Waals surface area contributed by atoms with Gasteiger partial charge in [-0.25, -0.2) is 8.42 Å². The number of sulfonamides is 1. The summed E-state index contributed by atoms with van der Waals surface area (Å²) in [6.07, 6.45) is 0. The van der Waals surface area contributed by atoms with E-state index < -0.39 is 10.0 Å². The van der Waals surface area contributed by atoms with Crippen LogP contribution in [0.4, 0.5) is 11.4 Å². The van der Waals surface area contributed by atoms with Crippen LogP contribution >= 0.6 is 0 Å². The molecule has 2 aromatic carbocycles. The molecule has 7 heteroatoms. The monoisotopic (exact) mass is 348 g/mol. The van der Waals surface area contributed by atoms with Gasteiger partial charge in [-0.1, -0.05) is 25.1 Å². The molecule has 0 aliphatic carbocycles. The summed E-state index contributed by atoms with van der Waals surface area (Å²) in [5.41, 5.74) is 1.02. The summed E-state index contributed by atoms with van der Waals surface area (Å²) in [5, 5.41) is 2.72. The van der Waals surface area contributed by atoms with Gasteiger partial charge >= 0.3 is 0 Å². The Morgan fingerprint density at radius 1 is 1.04 bits per heavy atom. The van der Waals surface area contributed by atoms with E-state index in [0.29, 0.717) is 18.0 Å². The first-order chi connectivity index (χ1) is 11.4. The molecule has 0 bridgehead atoms. The van der Waals surface area contributed by atoms with Crippen molar-refractivity contribution in [2.75, 3.05) is 23.8 Å². The molecule has 0 aliphatic heterocycles. The lowest BCUT2D eigenvalue weighted by atomic mass is 10.2. The van der Waals surface area contributed by atoms with Crippen molar-refractivity contribution in [1.82, 2.24) is 0 Å². The molecule has 128 valence electrons. The van der Waals surface area contributed by atoms with Crippen molar-refractivity contribution >= 4 is 27.3 Å². The number of anilines is 2. The summed E-state index contributed by atoms with van der Waals surface area (Å²) in [7, 11) is -2.14. The van der Waals surface area contributed by atoms with Crippen LogP contribution in [-0.2, 0) is 19.6 Å². The second-order valence-electron chi connectivity index (χ2n) is 5.34. The summed E-state index contributed by atoms with van der Waals surface area (Å²) >= 11 is 0. The van der Waals surface area contributed by atoms with E-state index in [1.165, 1.54) is 19.2 Å². The Kier molecular flexibility index (Phi) is 5.94. The predicted molar refractivity (Wildman–Crippen MR) is 93.4 cm³/mol. The van der Waals surface area contributed by atoms with Crippen LogP contribution in [-0.4, -0.2) is 28.0 Å². The number of ether oxygens (including phenoxy) is 1. The number of benzene rings is 2. The first-order valence-corrected chi connectivity index (χ1v) is 8.88. The summed E-state index contributed by atoms with van der Waals surface area (Å²) in [6, 6.07) is 14.6. The average molecular weight is 348 g/mol. The molecule has 0 aromatic heterocycles. The number of hydrogen-bond donors (Lipinski definition) is 2. The van der Waals surface area contributed by atoms with Crippen LogP contribution < -0.4 is 10.0 Å². The lowest BCUT2D eigenvalue weighted by Crippen LogP contribution is -2.23. The van der Waals surface area contributed by atoms with Crippen LogP contribution in [0.3, 0.4) is 0 Å². The second-order valence-corrected chi connectivity index (χ2v) is 7.02. The molecule has 24 heavy (non-hydrogen) atoms. The van der Waals surface area contributed by atoms with Crippen molar-refractivity contribution in [3.63, 3.8) is 0 Å². The lowest BCUT2D eigenvalue weighted by Gasteiger charge is -2.12. The summed E-state index contributed by atoms with van der Waals surface area (Å²) < 4.78 is 32.1. The van der Waals surface area contributed by atoms with Gasteiger partial charge in [-0.3, -0.25) is 9.52 Å². The first kappa shape index (κ1) is 18.0. The molecule has 2 aromatic rings. The quantitative estimate of drug-likeness (QED) is 0.806. The largest absolute Gasteiger partial charge is 0.384 e. The number of methoxy groups -OCH3 is 1. The third kappa shape index (κ3) is 4.81. The Morgan fingerprint density at radius 3 is 2.25 bits per heavy atom.